The van der Waals surface area contributed by atoms with Gasteiger partial charge in [-0.2, -0.15) is 8.42 Å². The molecule has 0 aromatic carbocycles. The topological polar surface area (TPSA) is 102 Å². The second kappa shape index (κ2) is 5.39. The van der Waals surface area contributed by atoms with E-state index in [4.69, 9.17) is 14.0 Å². The van der Waals surface area contributed by atoms with Crippen LogP contribution in [0.25, 0.3) is 0 Å². The van der Waals surface area contributed by atoms with Crippen molar-refractivity contribution >= 4 is 10.4 Å². The van der Waals surface area contributed by atoms with E-state index in [0.29, 0.717) is 0 Å². The Labute approximate surface area is 94.3 Å². The first kappa shape index (κ1) is 13.8. The van der Waals surface area contributed by atoms with Gasteiger partial charge in [0, 0.05) is 19.4 Å². The quantitative estimate of drug-likeness (QED) is 0.657. The van der Waals surface area contributed by atoms with Crippen molar-refractivity contribution in [2.45, 2.75) is 31.8 Å². The molecule has 1 fully saturated rings. The van der Waals surface area contributed by atoms with Crippen molar-refractivity contribution in [3.63, 3.8) is 0 Å². The third-order valence-corrected chi connectivity index (χ3v) is 2.94. The predicted octanol–water partition coefficient (Wildman–Crippen LogP) is -0.436. The molecule has 1 aliphatic heterocycles. The molecule has 96 valence electrons. The van der Waals surface area contributed by atoms with Crippen molar-refractivity contribution in [2.75, 3.05) is 13.7 Å². The Morgan fingerprint density at radius 3 is 2.62 bits per heavy atom. The second-order valence-corrected chi connectivity index (χ2v) is 4.83. The van der Waals surface area contributed by atoms with Crippen LogP contribution in [0.15, 0.2) is 0 Å². The van der Waals surface area contributed by atoms with Crippen molar-refractivity contribution in [2.24, 2.45) is 5.92 Å². The standard InChI is InChI=1S/C8H16O7S/c1-5-7(9)3-6(15-8(5)13-2)4-14-16(10,11)12/h5-9H,3-4H2,1-2H3,(H,10,11,12)/t5?,6?,7-,8+/m0/s1. The van der Waals surface area contributed by atoms with E-state index in [1.165, 1.54) is 7.11 Å². The van der Waals surface area contributed by atoms with E-state index in [-0.39, 0.29) is 18.9 Å². The molecule has 4 atom stereocenters. The fourth-order valence-corrected chi connectivity index (χ4v) is 1.90. The number of rotatable bonds is 4. The lowest BCUT2D eigenvalue weighted by Crippen LogP contribution is -2.45. The Hall–Kier alpha value is -0.250. The summed E-state index contributed by atoms with van der Waals surface area (Å²) in [5.74, 6) is -0.202. The molecule has 0 aliphatic carbocycles. The zero-order chi connectivity index (χ0) is 12.3. The lowest BCUT2D eigenvalue weighted by molar-refractivity contribution is -0.237. The molecule has 16 heavy (non-hydrogen) atoms. The smallest absolute Gasteiger partial charge is 0.393 e. The van der Waals surface area contributed by atoms with Gasteiger partial charge in [-0.15, -0.1) is 0 Å². The van der Waals surface area contributed by atoms with Gasteiger partial charge in [0.05, 0.1) is 18.8 Å². The average Bonchev–Trinajstić information content (AvgIpc) is 2.18. The third-order valence-electron chi connectivity index (χ3n) is 2.50. The van der Waals surface area contributed by atoms with Crippen LogP contribution in [0, 0.1) is 5.92 Å². The van der Waals surface area contributed by atoms with Crippen LogP contribution < -0.4 is 0 Å². The molecule has 0 aromatic heterocycles. The summed E-state index contributed by atoms with van der Waals surface area (Å²) < 4.78 is 43.6. The summed E-state index contributed by atoms with van der Waals surface area (Å²) in [5.41, 5.74) is 0. The van der Waals surface area contributed by atoms with Crippen molar-refractivity contribution in [3.8, 4) is 0 Å². The van der Waals surface area contributed by atoms with Gasteiger partial charge in [-0.25, -0.2) is 4.18 Å². The second-order valence-electron chi connectivity index (χ2n) is 3.74. The molecular formula is C8H16O7S. The molecule has 1 rings (SSSR count). The van der Waals surface area contributed by atoms with Crippen LogP contribution in [-0.4, -0.2) is 50.3 Å². The molecule has 7 nitrogen and oxygen atoms in total. The lowest BCUT2D eigenvalue weighted by atomic mass is 9.95. The van der Waals surface area contributed by atoms with Gasteiger partial charge in [0.25, 0.3) is 0 Å². The van der Waals surface area contributed by atoms with Gasteiger partial charge in [-0.3, -0.25) is 4.55 Å². The Balaban J connectivity index is 2.51. The number of hydrogen-bond acceptors (Lipinski definition) is 6. The summed E-state index contributed by atoms with van der Waals surface area (Å²) in [5, 5.41) is 9.65. The van der Waals surface area contributed by atoms with Crippen LogP contribution in [-0.2, 0) is 24.1 Å². The highest BCUT2D eigenvalue weighted by Gasteiger charge is 2.35. The van der Waals surface area contributed by atoms with Crippen molar-refractivity contribution < 1.29 is 31.7 Å². The number of hydrogen-bond donors (Lipinski definition) is 2. The average molecular weight is 256 g/mol. The van der Waals surface area contributed by atoms with Gasteiger partial charge >= 0.3 is 10.4 Å². The Morgan fingerprint density at radius 1 is 1.50 bits per heavy atom. The Bertz CT molecular complexity index is 314. The molecular weight excluding hydrogens is 240 g/mol. The van der Waals surface area contributed by atoms with E-state index < -0.39 is 28.9 Å². The first-order valence-electron chi connectivity index (χ1n) is 4.81. The molecule has 0 saturated carbocycles. The van der Waals surface area contributed by atoms with E-state index in [1.54, 1.807) is 6.92 Å². The number of methoxy groups -OCH3 is 1. The fourth-order valence-electron chi connectivity index (χ4n) is 1.57. The number of aliphatic hydroxyl groups is 1. The molecule has 0 aromatic rings. The summed E-state index contributed by atoms with van der Waals surface area (Å²) in [4.78, 5) is 0. The summed E-state index contributed by atoms with van der Waals surface area (Å²) >= 11 is 0. The van der Waals surface area contributed by atoms with Crippen LogP contribution in [0.2, 0.25) is 0 Å². The maximum absolute atomic E-state index is 10.4. The summed E-state index contributed by atoms with van der Waals surface area (Å²) in [6.45, 7) is 1.42. The summed E-state index contributed by atoms with van der Waals surface area (Å²) in [6.07, 6.45) is -1.66. The zero-order valence-corrected chi connectivity index (χ0v) is 9.88. The van der Waals surface area contributed by atoms with Gasteiger partial charge in [0.15, 0.2) is 6.29 Å². The predicted molar refractivity (Wildman–Crippen MR) is 53.0 cm³/mol. The van der Waals surface area contributed by atoms with Gasteiger partial charge in [0.1, 0.15) is 0 Å². The maximum Gasteiger partial charge on any atom is 0.397 e. The fraction of sp³-hybridized carbons (Fsp3) is 1.00. The normalized spacial score (nSPS) is 36.2. The van der Waals surface area contributed by atoms with Gasteiger partial charge in [0.2, 0.25) is 0 Å². The monoisotopic (exact) mass is 256 g/mol. The number of ether oxygens (including phenoxy) is 2. The maximum atomic E-state index is 10.4. The molecule has 1 heterocycles. The van der Waals surface area contributed by atoms with E-state index in [2.05, 4.69) is 4.18 Å². The molecule has 0 radical (unpaired) electrons. The molecule has 0 spiro atoms. The molecule has 0 amide bonds. The van der Waals surface area contributed by atoms with E-state index in [0.717, 1.165) is 0 Å². The van der Waals surface area contributed by atoms with Crippen molar-refractivity contribution in [1.29, 1.82) is 0 Å². The van der Waals surface area contributed by atoms with Gasteiger partial charge in [-0.1, -0.05) is 6.92 Å². The molecule has 1 aliphatic rings. The van der Waals surface area contributed by atoms with Crippen LogP contribution >= 0.6 is 0 Å². The van der Waals surface area contributed by atoms with Gasteiger partial charge in [-0.05, 0) is 0 Å². The van der Waals surface area contributed by atoms with Crippen LogP contribution in [0.5, 0.6) is 0 Å². The summed E-state index contributed by atoms with van der Waals surface area (Å²) in [7, 11) is -3.05. The third kappa shape index (κ3) is 3.96. The molecule has 2 unspecified atom stereocenters. The van der Waals surface area contributed by atoms with E-state index >= 15 is 0 Å². The Morgan fingerprint density at radius 2 is 2.12 bits per heavy atom. The highest BCUT2D eigenvalue weighted by molar-refractivity contribution is 7.80. The largest absolute Gasteiger partial charge is 0.397 e. The SMILES string of the molecule is CO[C@@H]1OC(COS(=O)(=O)O)C[C@H](O)C1C. The molecule has 1 saturated heterocycles. The lowest BCUT2D eigenvalue weighted by Gasteiger charge is -2.36. The molecule has 2 N–H and O–H groups in total. The minimum Gasteiger partial charge on any atom is -0.393 e. The zero-order valence-electron chi connectivity index (χ0n) is 9.07. The van der Waals surface area contributed by atoms with E-state index in [1.807, 2.05) is 0 Å². The Kier molecular flexibility index (Phi) is 4.65. The first-order chi connectivity index (χ1) is 7.33. The van der Waals surface area contributed by atoms with Crippen molar-refractivity contribution in [3.05, 3.63) is 0 Å². The van der Waals surface area contributed by atoms with Crippen LogP contribution in [0.1, 0.15) is 13.3 Å². The minimum absolute atomic E-state index is 0.202. The van der Waals surface area contributed by atoms with Crippen LogP contribution in [0.4, 0.5) is 0 Å². The van der Waals surface area contributed by atoms with Gasteiger partial charge < -0.3 is 14.6 Å². The highest BCUT2D eigenvalue weighted by Crippen LogP contribution is 2.26. The van der Waals surface area contributed by atoms with Crippen LogP contribution in [0.3, 0.4) is 0 Å². The first-order valence-corrected chi connectivity index (χ1v) is 6.18. The minimum atomic E-state index is -4.48. The molecule has 0 bridgehead atoms. The highest BCUT2D eigenvalue weighted by atomic mass is 32.3. The number of aliphatic hydroxyl groups excluding tert-OH is 1. The molecule has 8 heteroatoms. The summed E-state index contributed by atoms with van der Waals surface area (Å²) in [6, 6.07) is 0. The van der Waals surface area contributed by atoms with Crippen molar-refractivity contribution in [1.82, 2.24) is 0 Å². The van der Waals surface area contributed by atoms with E-state index in [9.17, 15) is 13.5 Å².